The molecule has 0 aliphatic heterocycles. The lowest BCUT2D eigenvalue weighted by atomic mass is 10.0. The monoisotopic (exact) mass is 490 g/mol. The summed E-state index contributed by atoms with van der Waals surface area (Å²) in [6, 6.07) is 26.5. The van der Waals surface area contributed by atoms with Gasteiger partial charge in [0.15, 0.2) is 0 Å². The fraction of sp³-hybridized carbons (Fsp3) is 0.371. The van der Waals surface area contributed by atoms with E-state index in [1.54, 1.807) is 0 Å². The summed E-state index contributed by atoms with van der Waals surface area (Å²) in [6.45, 7) is 24.4. The zero-order chi connectivity index (χ0) is 28.2. The standard InChI is InChI=1S/C19H16O.C8H14.4C2H6/c1-15-7-5-8-16(13-15)17-9-6-12-19(14-17)20-18-10-3-2-4-11-18;1-4-6-8(3)7-5-2;4*1-2/h2-14H,1H3;4-8H,1-3H3;4*1-2H3/b;6-4-,7-5+;;;;. The van der Waals surface area contributed by atoms with Gasteiger partial charge in [0.25, 0.3) is 0 Å². The van der Waals surface area contributed by atoms with Gasteiger partial charge in [0, 0.05) is 0 Å². The van der Waals surface area contributed by atoms with Crippen molar-refractivity contribution in [1.82, 2.24) is 0 Å². The highest BCUT2D eigenvalue weighted by Gasteiger charge is 2.01. The first-order valence-corrected chi connectivity index (χ1v) is 13.8. The van der Waals surface area contributed by atoms with Crippen molar-refractivity contribution >= 4 is 0 Å². The van der Waals surface area contributed by atoms with Gasteiger partial charge in [0.05, 0.1) is 0 Å². The van der Waals surface area contributed by atoms with Crippen LogP contribution in [0.4, 0.5) is 0 Å². The number of rotatable bonds is 5. The average molecular weight is 491 g/mol. The molecule has 0 N–H and O–H groups in total. The maximum Gasteiger partial charge on any atom is 0.128 e. The molecule has 200 valence electrons. The lowest BCUT2D eigenvalue weighted by Gasteiger charge is -2.08. The molecule has 0 saturated carbocycles. The number of hydrogen-bond acceptors (Lipinski definition) is 1. The Morgan fingerprint density at radius 1 is 0.556 bits per heavy atom. The van der Waals surface area contributed by atoms with E-state index in [1.807, 2.05) is 112 Å². The van der Waals surface area contributed by atoms with Crippen molar-refractivity contribution < 1.29 is 4.74 Å². The third-order valence-corrected chi connectivity index (χ3v) is 4.16. The third kappa shape index (κ3) is 18.3. The minimum atomic E-state index is 0.602. The van der Waals surface area contributed by atoms with Crippen LogP contribution in [0.2, 0.25) is 0 Å². The number of ether oxygens (including phenoxy) is 1. The van der Waals surface area contributed by atoms with Crippen LogP contribution in [0, 0.1) is 12.8 Å². The van der Waals surface area contributed by atoms with E-state index >= 15 is 0 Å². The lowest BCUT2D eigenvalue weighted by Crippen LogP contribution is -1.85. The quantitative estimate of drug-likeness (QED) is 0.323. The zero-order valence-electron chi connectivity index (χ0n) is 25.3. The van der Waals surface area contributed by atoms with Crippen molar-refractivity contribution in [3.63, 3.8) is 0 Å². The van der Waals surface area contributed by atoms with Crippen molar-refractivity contribution in [3.8, 4) is 22.6 Å². The molecule has 0 heterocycles. The summed E-state index contributed by atoms with van der Waals surface area (Å²) in [4.78, 5) is 0. The summed E-state index contributed by atoms with van der Waals surface area (Å²) in [5, 5.41) is 0. The van der Waals surface area contributed by atoms with Crippen molar-refractivity contribution in [2.24, 2.45) is 5.92 Å². The first-order valence-electron chi connectivity index (χ1n) is 13.8. The Morgan fingerprint density at radius 3 is 1.47 bits per heavy atom. The van der Waals surface area contributed by atoms with Crippen LogP contribution >= 0.6 is 0 Å². The second-order valence-corrected chi connectivity index (χ2v) is 6.72. The van der Waals surface area contributed by atoms with Gasteiger partial charge in [-0.25, -0.2) is 0 Å². The van der Waals surface area contributed by atoms with E-state index in [-0.39, 0.29) is 0 Å². The van der Waals surface area contributed by atoms with Crippen LogP contribution in [0.3, 0.4) is 0 Å². The average Bonchev–Trinajstić information content (AvgIpc) is 2.95. The largest absolute Gasteiger partial charge is 0.457 e. The molecule has 0 radical (unpaired) electrons. The molecule has 36 heavy (non-hydrogen) atoms. The van der Waals surface area contributed by atoms with Gasteiger partial charge in [-0.3, -0.25) is 0 Å². The molecule has 0 aliphatic rings. The van der Waals surface area contributed by atoms with Crippen LogP contribution in [0.1, 0.15) is 81.7 Å². The van der Waals surface area contributed by atoms with Crippen LogP contribution in [0.15, 0.2) is 103 Å². The lowest BCUT2D eigenvalue weighted by molar-refractivity contribution is 0.483. The molecular formula is C35H54O. The molecule has 0 fully saturated rings. The molecule has 1 unspecified atom stereocenters. The fourth-order valence-electron chi connectivity index (χ4n) is 2.86. The molecule has 1 atom stereocenters. The Hall–Kier alpha value is -3.06. The molecule has 0 aromatic heterocycles. The van der Waals surface area contributed by atoms with Gasteiger partial charge < -0.3 is 4.74 Å². The Bertz CT molecular complexity index is 879. The van der Waals surface area contributed by atoms with Crippen molar-refractivity contribution in [3.05, 3.63) is 109 Å². The molecular weight excluding hydrogens is 436 g/mol. The smallest absolute Gasteiger partial charge is 0.128 e. The van der Waals surface area contributed by atoms with E-state index in [4.69, 9.17) is 4.74 Å². The number of benzene rings is 3. The highest BCUT2D eigenvalue weighted by Crippen LogP contribution is 2.27. The predicted octanol–water partition coefficient (Wildman–Crippen LogP) is 12.3. The van der Waals surface area contributed by atoms with Crippen LogP contribution < -0.4 is 4.74 Å². The zero-order valence-corrected chi connectivity index (χ0v) is 25.3. The normalized spacial score (nSPS) is 9.89. The summed E-state index contributed by atoms with van der Waals surface area (Å²) in [7, 11) is 0. The van der Waals surface area contributed by atoms with Crippen LogP contribution in [-0.4, -0.2) is 0 Å². The second kappa shape index (κ2) is 28.2. The summed E-state index contributed by atoms with van der Waals surface area (Å²) in [5.41, 5.74) is 3.64. The summed E-state index contributed by atoms with van der Waals surface area (Å²) < 4.78 is 5.87. The third-order valence-electron chi connectivity index (χ3n) is 4.16. The van der Waals surface area contributed by atoms with Crippen LogP contribution in [-0.2, 0) is 0 Å². The molecule has 3 rings (SSSR count). The first kappa shape index (κ1) is 37.5. The van der Waals surface area contributed by atoms with E-state index in [9.17, 15) is 0 Å². The van der Waals surface area contributed by atoms with E-state index < -0.39 is 0 Å². The Balaban J connectivity index is -0.000000575. The SMILES string of the molecule is C/C=C\C(C)/C=C/C.CC.CC.CC.CC.Cc1cccc(-c2cccc(Oc3ccccc3)c2)c1. The Morgan fingerprint density at radius 2 is 1.00 bits per heavy atom. The van der Waals surface area contributed by atoms with Gasteiger partial charge in [-0.15, -0.1) is 0 Å². The van der Waals surface area contributed by atoms with E-state index in [0.717, 1.165) is 11.5 Å². The molecule has 0 spiro atoms. The molecule has 0 saturated heterocycles. The van der Waals surface area contributed by atoms with Gasteiger partial charge in [-0.2, -0.15) is 0 Å². The molecule has 1 heteroatoms. The van der Waals surface area contributed by atoms with Gasteiger partial charge in [-0.1, -0.05) is 147 Å². The Kier molecular flexibility index (Phi) is 29.3. The van der Waals surface area contributed by atoms with Gasteiger partial charge in [0.1, 0.15) is 11.5 Å². The van der Waals surface area contributed by atoms with Crippen LogP contribution in [0.25, 0.3) is 11.1 Å². The molecule has 1 nitrogen and oxygen atoms in total. The minimum Gasteiger partial charge on any atom is -0.457 e. The summed E-state index contributed by atoms with van der Waals surface area (Å²) in [6.07, 6.45) is 8.48. The number of aryl methyl sites for hydroxylation is 1. The van der Waals surface area contributed by atoms with Gasteiger partial charge in [-0.05, 0) is 62.1 Å². The maximum atomic E-state index is 5.87. The number of allylic oxidation sites excluding steroid dienone is 4. The second-order valence-electron chi connectivity index (χ2n) is 6.72. The number of para-hydroxylation sites is 1. The van der Waals surface area contributed by atoms with Gasteiger partial charge >= 0.3 is 0 Å². The molecule has 0 bridgehead atoms. The number of hydrogen-bond donors (Lipinski definition) is 0. The molecule has 0 aliphatic carbocycles. The molecule has 3 aromatic carbocycles. The van der Waals surface area contributed by atoms with E-state index in [2.05, 4.69) is 74.5 Å². The maximum absolute atomic E-state index is 5.87. The summed E-state index contributed by atoms with van der Waals surface area (Å²) >= 11 is 0. The minimum absolute atomic E-state index is 0.602. The highest BCUT2D eigenvalue weighted by molar-refractivity contribution is 5.65. The van der Waals surface area contributed by atoms with Crippen molar-refractivity contribution in [1.29, 1.82) is 0 Å². The van der Waals surface area contributed by atoms with E-state index in [1.165, 1.54) is 16.7 Å². The Labute approximate surface area is 225 Å². The van der Waals surface area contributed by atoms with Crippen molar-refractivity contribution in [2.45, 2.75) is 83.1 Å². The fourth-order valence-corrected chi connectivity index (χ4v) is 2.86. The molecule has 0 amide bonds. The highest BCUT2D eigenvalue weighted by atomic mass is 16.5. The first-order chi connectivity index (χ1) is 17.6. The topological polar surface area (TPSA) is 9.23 Å². The predicted molar refractivity (Wildman–Crippen MR) is 167 cm³/mol. The van der Waals surface area contributed by atoms with Gasteiger partial charge in [0.2, 0.25) is 0 Å². The van der Waals surface area contributed by atoms with Crippen molar-refractivity contribution in [2.75, 3.05) is 0 Å². The summed E-state index contributed by atoms with van der Waals surface area (Å²) in [5.74, 6) is 2.31. The van der Waals surface area contributed by atoms with Crippen LogP contribution in [0.5, 0.6) is 11.5 Å². The van der Waals surface area contributed by atoms with E-state index in [0.29, 0.717) is 5.92 Å². The molecule has 3 aromatic rings.